The Kier molecular flexibility index (Phi) is 6.88. The van der Waals surface area contributed by atoms with Gasteiger partial charge >= 0.3 is 0 Å². The molecule has 28 heavy (non-hydrogen) atoms. The Morgan fingerprint density at radius 1 is 1.14 bits per heavy atom. The molecule has 0 unspecified atom stereocenters. The van der Waals surface area contributed by atoms with Crippen LogP contribution in [0.4, 0.5) is 5.69 Å². The zero-order valence-corrected chi connectivity index (χ0v) is 17.5. The first-order chi connectivity index (χ1) is 13.4. The number of carbonyl (C=O) groups is 1. The molecule has 1 aromatic carbocycles. The van der Waals surface area contributed by atoms with Crippen molar-refractivity contribution in [2.24, 2.45) is 0 Å². The third kappa shape index (κ3) is 6.47. The summed E-state index contributed by atoms with van der Waals surface area (Å²) in [4.78, 5) is 18.1. The maximum atomic E-state index is 12.4. The number of anilines is 1. The molecule has 1 saturated heterocycles. The standard InChI is InChI=1S/C20H25N3O3S2/c1-28(25,26)21-18-7-4-17(5-8-18)6-9-20(24)23-14-12-22(13-15-23)11-10-19-3-2-16-27-19/h2-9,16,21H,10-15H2,1H3/b9-6+. The lowest BCUT2D eigenvalue weighted by Crippen LogP contribution is -2.48. The van der Waals surface area contributed by atoms with E-state index in [4.69, 9.17) is 0 Å². The van der Waals surface area contributed by atoms with Crippen LogP contribution in [0.15, 0.2) is 47.9 Å². The van der Waals surface area contributed by atoms with Crippen LogP contribution in [-0.4, -0.2) is 63.1 Å². The van der Waals surface area contributed by atoms with Crippen LogP contribution in [0.1, 0.15) is 10.4 Å². The second kappa shape index (κ2) is 9.36. The van der Waals surface area contributed by atoms with E-state index in [1.54, 1.807) is 47.8 Å². The molecule has 2 aromatic rings. The summed E-state index contributed by atoms with van der Waals surface area (Å²) in [6.07, 6.45) is 5.52. The lowest BCUT2D eigenvalue weighted by atomic mass is 10.2. The average molecular weight is 420 g/mol. The number of hydrogen-bond donors (Lipinski definition) is 1. The van der Waals surface area contributed by atoms with E-state index in [1.807, 2.05) is 4.90 Å². The van der Waals surface area contributed by atoms with Crippen LogP contribution in [0.3, 0.4) is 0 Å². The molecule has 6 nitrogen and oxygen atoms in total. The molecule has 1 fully saturated rings. The smallest absolute Gasteiger partial charge is 0.246 e. The molecule has 1 aliphatic heterocycles. The van der Waals surface area contributed by atoms with E-state index in [0.29, 0.717) is 5.69 Å². The number of hydrogen-bond acceptors (Lipinski definition) is 5. The van der Waals surface area contributed by atoms with Gasteiger partial charge in [-0.2, -0.15) is 0 Å². The Bertz CT molecular complexity index is 899. The molecule has 0 aliphatic carbocycles. The normalized spacial score (nSPS) is 15.8. The van der Waals surface area contributed by atoms with Gasteiger partial charge in [-0.05, 0) is 41.6 Å². The highest BCUT2D eigenvalue weighted by Gasteiger charge is 2.19. The lowest BCUT2D eigenvalue weighted by Gasteiger charge is -2.34. The molecular formula is C20H25N3O3S2. The lowest BCUT2D eigenvalue weighted by molar-refractivity contribution is -0.127. The Hall–Kier alpha value is -2.16. The second-order valence-electron chi connectivity index (χ2n) is 6.83. The minimum atomic E-state index is -3.28. The van der Waals surface area contributed by atoms with E-state index in [-0.39, 0.29) is 5.91 Å². The minimum Gasteiger partial charge on any atom is -0.337 e. The molecule has 8 heteroatoms. The van der Waals surface area contributed by atoms with E-state index in [2.05, 4.69) is 27.1 Å². The van der Waals surface area contributed by atoms with Crippen molar-refractivity contribution >= 4 is 39.0 Å². The van der Waals surface area contributed by atoms with Crippen molar-refractivity contribution in [2.75, 3.05) is 43.7 Å². The topological polar surface area (TPSA) is 69.7 Å². The highest BCUT2D eigenvalue weighted by Crippen LogP contribution is 2.13. The molecule has 1 aliphatic rings. The average Bonchev–Trinajstić information content (AvgIpc) is 3.18. The number of thiophene rings is 1. The second-order valence-corrected chi connectivity index (χ2v) is 9.61. The number of carbonyl (C=O) groups excluding carboxylic acids is 1. The van der Waals surface area contributed by atoms with Crippen LogP contribution in [0.2, 0.25) is 0 Å². The van der Waals surface area contributed by atoms with Gasteiger partial charge in [0.1, 0.15) is 0 Å². The number of piperazine rings is 1. The van der Waals surface area contributed by atoms with Crippen LogP contribution < -0.4 is 4.72 Å². The van der Waals surface area contributed by atoms with Crippen LogP contribution in [0.5, 0.6) is 0 Å². The molecule has 0 saturated carbocycles. The van der Waals surface area contributed by atoms with Crippen LogP contribution in [0, 0.1) is 0 Å². The van der Waals surface area contributed by atoms with Crippen molar-refractivity contribution in [3.63, 3.8) is 0 Å². The third-order valence-corrected chi connectivity index (χ3v) is 6.11. The summed E-state index contributed by atoms with van der Waals surface area (Å²) in [6, 6.07) is 11.2. The van der Waals surface area contributed by atoms with Crippen LogP contribution in [0.25, 0.3) is 6.08 Å². The van der Waals surface area contributed by atoms with Gasteiger partial charge in [-0.1, -0.05) is 18.2 Å². The molecule has 3 rings (SSSR count). The molecular weight excluding hydrogens is 394 g/mol. The molecule has 2 heterocycles. The molecule has 0 radical (unpaired) electrons. The first kappa shape index (κ1) is 20.6. The van der Waals surface area contributed by atoms with Crippen molar-refractivity contribution < 1.29 is 13.2 Å². The zero-order chi connectivity index (χ0) is 20.0. The summed E-state index contributed by atoms with van der Waals surface area (Å²) in [5, 5.41) is 2.11. The number of rotatable bonds is 7. The van der Waals surface area contributed by atoms with Gasteiger partial charge in [-0.25, -0.2) is 8.42 Å². The Morgan fingerprint density at radius 2 is 1.86 bits per heavy atom. The van der Waals surface area contributed by atoms with E-state index in [1.165, 1.54) is 4.88 Å². The summed E-state index contributed by atoms with van der Waals surface area (Å²) in [5.41, 5.74) is 1.35. The number of nitrogens with one attached hydrogen (secondary N) is 1. The number of amides is 1. The fourth-order valence-electron chi connectivity index (χ4n) is 3.06. The molecule has 1 aromatic heterocycles. The first-order valence-electron chi connectivity index (χ1n) is 9.19. The fraction of sp³-hybridized carbons (Fsp3) is 0.350. The number of nitrogens with zero attached hydrogens (tertiary/aromatic N) is 2. The summed E-state index contributed by atoms with van der Waals surface area (Å²) in [7, 11) is -3.28. The van der Waals surface area contributed by atoms with Crippen molar-refractivity contribution in [2.45, 2.75) is 6.42 Å². The first-order valence-corrected chi connectivity index (χ1v) is 12.0. The Labute approximate surface area is 170 Å². The maximum Gasteiger partial charge on any atom is 0.246 e. The predicted octanol–water partition coefficient (Wildman–Crippen LogP) is 2.52. The molecule has 0 atom stereocenters. The van der Waals surface area contributed by atoms with Crippen molar-refractivity contribution in [3.05, 3.63) is 58.3 Å². The largest absolute Gasteiger partial charge is 0.337 e. The highest BCUT2D eigenvalue weighted by molar-refractivity contribution is 7.92. The molecule has 150 valence electrons. The van der Waals surface area contributed by atoms with E-state index < -0.39 is 10.0 Å². The van der Waals surface area contributed by atoms with Gasteiger partial charge in [-0.15, -0.1) is 11.3 Å². The van der Waals surface area contributed by atoms with Crippen LogP contribution in [-0.2, 0) is 21.2 Å². The third-order valence-electron chi connectivity index (χ3n) is 4.57. The Morgan fingerprint density at radius 3 is 2.46 bits per heavy atom. The van der Waals surface area contributed by atoms with Gasteiger partial charge in [0, 0.05) is 49.4 Å². The number of benzene rings is 1. The molecule has 1 amide bonds. The van der Waals surface area contributed by atoms with Crippen molar-refractivity contribution in [3.8, 4) is 0 Å². The van der Waals surface area contributed by atoms with Gasteiger partial charge < -0.3 is 4.90 Å². The summed E-state index contributed by atoms with van der Waals surface area (Å²) < 4.78 is 24.9. The van der Waals surface area contributed by atoms with E-state index >= 15 is 0 Å². The van der Waals surface area contributed by atoms with Crippen molar-refractivity contribution in [1.29, 1.82) is 0 Å². The van der Waals surface area contributed by atoms with Gasteiger partial charge in [0.05, 0.1) is 6.26 Å². The van der Waals surface area contributed by atoms with Gasteiger partial charge in [0.25, 0.3) is 0 Å². The highest BCUT2D eigenvalue weighted by atomic mass is 32.2. The fourth-order valence-corrected chi connectivity index (χ4v) is 4.33. The minimum absolute atomic E-state index is 0.0104. The van der Waals surface area contributed by atoms with Gasteiger partial charge in [0.2, 0.25) is 15.9 Å². The van der Waals surface area contributed by atoms with E-state index in [0.717, 1.165) is 51.0 Å². The van der Waals surface area contributed by atoms with Crippen molar-refractivity contribution in [1.82, 2.24) is 9.80 Å². The van der Waals surface area contributed by atoms with Gasteiger partial charge in [0.15, 0.2) is 0 Å². The molecule has 0 bridgehead atoms. The number of sulfonamides is 1. The monoisotopic (exact) mass is 419 g/mol. The molecule has 0 spiro atoms. The summed E-state index contributed by atoms with van der Waals surface area (Å²) >= 11 is 1.79. The quantitative estimate of drug-likeness (QED) is 0.700. The maximum absolute atomic E-state index is 12.4. The summed E-state index contributed by atoms with van der Waals surface area (Å²) in [6.45, 7) is 4.32. The SMILES string of the molecule is CS(=O)(=O)Nc1ccc(/C=C/C(=O)N2CCN(CCc3cccs3)CC2)cc1. The Balaban J connectivity index is 1.44. The van der Waals surface area contributed by atoms with Crippen LogP contribution >= 0.6 is 11.3 Å². The van der Waals surface area contributed by atoms with E-state index in [9.17, 15) is 13.2 Å². The summed E-state index contributed by atoms with van der Waals surface area (Å²) in [5.74, 6) is 0.0104. The predicted molar refractivity (Wildman–Crippen MR) is 115 cm³/mol. The van der Waals surface area contributed by atoms with Gasteiger partial charge in [-0.3, -0.25) is 14.4 Å². The molecule has 1 N–H and O–H groups in total. The zero-order valence-electron chi connectivity index (χ0n) is 15.9.